The van der Waals surface area contributed by atoms with Crippen molar-refractivity contribution >= 4 is 17.6 Å². The zero-order valence-electron chi connectivity index (χ0n) is 14.5. The Kier molecular flexibility index (Phi) is 5.02. The van der Waals surface area contributed by atoms with Crippen molar-refractivity contribution in [2.24, 2.45) is 0 Å². The number of likely N-dealkylation sites (tertiary alicyclic amines) is 1. The van der Waals surface area contributed by atoms with Gasteiger partial charge in [-0.05, 0) is 49.6 Å². The zero-order valence-corrected chi connectivity index (χ0v) is 14.5. The number of rotatable bonds is 3. The third kappa shape index (κ3) is 3.99. The Morgan fingerprint density at radius 1 is 1.24 bits per heavy atom. The van der Waals surface area contributed by atoms with E-state index in [2.05, 4.69) is 15.7 Å². The van der Waals surface area contributed by atoms with E-state index in [4.69, 9.17) is 0 Å². The molecule has 0 bridgehead atoms. The van der Waals surface area contributed by atoms with Crippen LogP contribution in [0.1, 0.15) is 34.8 Å². The quantitative estimate of drug-likeness (QED) is 0.900. The molecule has 3 rings (SSSR count). The summed E-state index contributed by atoms with van der Waals surface area (Å²) in [7, 11) is 1.56. The summed E-state index contributed by atoms with van der Waals surface area (Å²) in [5.74, 6) is 0.0140. The molecule has 2 aromatic rings. The summed E-state index contributed by atoms with van der Waals surface area (Å²) in [4.78, 5) is 26.0. The Morgan fingerprint density at radius 3 is 2.64 bits per heavy atom. The molecule has 25 heavy (non-hydrogen) atoms. The highest BCUT2D eigenvalue weighted by Crippen LogP contribution is 2.23. The SMILES string of the molecule is CNC(=O)Nc1ccc(C(=O)N2CCCC(n3cc(C)cn3)C2)cc1. The predicted molar refractivity (Wildman–Crippen MR) is 95.7 cm³/mol. The third-order valence-electron chi connectivity index (χ3n) is 4.41. The molecule has 0 spiro atoms. The second kappa shape index (κ2) is 7.38. The third-order valence-corrected chi connectivity index (χ3v) is 4.41. The number of carbonyl (C=O) groups is 2. The van der Waals surface area contributed by atoms with Gasteiger partial charge in [0.1, 0.15) is 0 Å². The van der Waals surface area contributed by atoms with Crippen LogP contribution in [0.15, 0.2) is 36.7 Å². The summed E-state index contributed by atoms with van der Waals surface area (Å²) in [5, 5.41) is 9.56. The summed E-state index contributed by atoms with van der Waals surface area (Å²) in [6.45, 7) is 3.44. The number of hydrogen-bond donors (Lipinski definition) is 2. The largest absolute Gasteiger partial charge is 0.341 e. The lowest BCUT2D eigenvalue weighted by Crippen LogP contribution is -2.40. The molecule has 0 aliphatic carbocycles. The number of piperidine rings is 1. The van der Waals surface area contributed by atoms with Crippen LogP contribution >= 0.6 is 0 Å². The molecule has 2 heterocycles. The smallest absolute Gasteiger partial charge is 0.318 e. The molecule has 3 amide bonds. The van der Waals surface area contributed by atoms with Gasteiger partial charge in [0.25, 0.3) is 5.91 Å². The van der Waals surface area contributed by atoms with Gasteiger partial charge in [-0.1, -0.05) is 0 Å². The first-order valence-electron chi connectivity index (χ1n) is 8.45. The number of nitrogens with zero attached hydrogens (tertiary/aromatic N) is 3. The Bertz CT molecular complexity index is 753. The molecule has 0 saturated carbocycles. The molecule has 7 heteroatoms. The molecule has 1 fully saturated rings. The topological polar surface area (TPSA) is 79.3 Å². The minimum Gasteiger partial charge on any atom is -0.341 e. The second-order valence-corrected chi connectivity index (χ2v) is 6.33. The van der Waals surface area contributed by atoms with Gasteiger partial charge in [-0.25, -0.2) is 4.79 Å². The maximum absolute atomic E-state index is 12.8. The number of carbonyl (C=O) groups excluding carboxylic acids is 2. The Morgan fingerprint density at radius 2 is 2.00 bits per heavy atom. The van der Waals surface area contributed by atoms with Gasteiger partial charge in [0, 0.05) is 37.6 Å². The normalized spacial score (nSPS) is 17.2. The molecular weight excluding hydrogens is 318 g/mol. The summed E-state index contributed by atoms with van der Waals surface area (Å²) < 4.78 is 1.96. The van der Waals surface area contributed by atoms with Crippen molar-refractivity contribution in [3.05, 3.63) is 47.8 Å². The van der Waals surface area contributed by atoms with Gasteiger partial charge < -0.3 is 15.5 Å². The van der Waals surface area contributed by atoms with E-state index < -0.39 is 0 Å². The second-order valence-electron chi connectivity index (χ2n) is 6.33. The molecule has 0 radical (unpaired) electrons. The standard InChI is InChI=1S/C18H23N5O2/c1-13-10-20-23(11-13)16-4-3-9-22(12-16)17(24)14-5-7-15(8-6-14)21-18(25)19-2/h5-8,10-11,16H,3-4,9,12H2,1-2H3,(H2,19,21,25). The van der Waals surface area contributed by atoms with Crippen LogP contribution in [-0.2, 0) is 0 Å². The van der Waals surface area contributed by atoms with Gasteiger partial charge >= 0.3 is 6.03 Å². The molecule has 1 saturated heterocycles. The molecule has 132 valence electrons. The van der Waals surface area contributed by atoms with E-state index in [1.165, 1.54) is 0 Å². The highest BCUT2D eigenvalue weighted by molar-refractivity contribution is 5.95. The van der Waals surface area contributed by atoms with Crippen molar-refractivity contribution in [2.45, 2.75) is 25.8 Å². The first kappa shape index (κ1) is 17.0. The van der Waals surface area contributed by atoms with E-state index in [9.17, 15) is 9.59 Å². The fourth-order valence-corrected chi connectivity index (χ4v) is 3.06. The minimum atomic E-state index is -0.285. The first-order valence-corrected chi connectivity index (χ1v) is 8.45. The van der Waals surface area contributed by atoms with Gasteiger partial charge in [0.05, 0.1) is 12.2 Å². The summed E-state index contributed by atoms with van der Waals surface area (Å²) in [6, 6.07) is 6.90. The number of nitrogens with one attached hydrogen (secondary N) is 2. The number of benzene rings is 1. The van der Waals surface area contributed by atoms with Crippen LogP contribution in [0.25, 0.3) is 0 Å². The molecule has 7 nitrogen and oxygen atoms in total. The van der Waals surface area contributed by atoms with Gasteiger partial charge in [-0.15, -0.1) is 0 Å². The van der Waals surface area contributed by atoms with Crippen molar-refractivity contribution in [1.82, 2.24) is 20.0 Å². The van der Waals surface area contributed by atoms with Crippen LogP contribution in [0.5, 0.6) is 0 Å². The van der Waals surface area contributed by atoms with Crippen molar-refractivity contribution in [3.63, 3.8) is 0 Å². The molecule has 2 N–H and O–H groups in total. The van der Waals surface area contributed by atoms with Crippen LogP contribution in [0, 0.1) is 6.92 Å². The average molecular weight is 341 g/mol. The number of aryl methyl sites for hydroxylation is 1. The molecule has 1 aromatic carbocycles. The van der Waals surface area contributed by atoms with Gasteiger partial charge in [0.2, 0.25) is 0 Å². The summed E-state index contributed by atoms with van der Waals surface area (Å²) in [5.41, 5.74) is 2.40. The predicted octanol–water partition coefficient (Wildman–Crippen LogP) is 2.42. The number of anilines is 1. The number of urea groups is 1. The number of aromatic nitrogens is 2. The van der Waals surface area contributed by atoms with E-state index in [0.717, 1.165) is 24.9 Å². The molecule has 1 aliphatic heterocycles. The van der Waals surface area contributed by atoms with E-state index in [0.29, 0.717) is 17.8 Å². The van der Waals surface area contributed by atoms with Crippen LogP contribution in [0.2, 0.25) is 0 Å². The lowest BCUT2D eigenvalue weighted by atomic mass is 10.0. The van der Waals surface area contributed by atoms with E-state index in [-0.39, 0.29) is 18.0 Å². The van der Waals surface area contributed by atoms with Gasteiger partial charge in [0.15, 0.2) is 0 Å². The maximum Gasteiger partial charge on any atom is 0.318 e. The van der Waals surface area contributed by atoms with Crippen LogP contribution in [0.3, 0.4) is 0 Å². The first-order chi connectivity index (χ1) is 12.1. The number of hydrogen-bond acceptors (Lipinski definition) is 3. The Labute approximate surface area is 147 Å². The Balaban J connectivity index is 1.66. The van der Waals surface area contributed by atoms with Gasteiger partial charge in [-0.2, -0.15) is 5.10 Å². The fourth-order valence-electron chi connectivity index (χ4n) is 3.06. The van der Waals surface area contributed by atoms with Crippen LogP contribution in [0.4, 0.5) is 10.5 Å². The summed E-state index contributed by atoms with van der Waals surface area (Å²) in [6.07, 6.45) is 5.86. The van der Waals surface area contributed by atoms with Gasteiger partial charge in [-0.3, -0.25) is 9.48 Å². The zero-order chi connectivity index (χ0) is 17.8. The van der Waals surface area contributed by atoms with Crippen molar-refractivity contribution in [3.8, 4) is 0 Å². The molecular formula is C18H23N5O2. The van der Waals surface area contributed by atoms with Crippen LogP contribution < -0.4 is 10.6 Å². The van der Waals surface area contributed by atoms with Crippen LogP contribution in [-0.4, -0.2) is 46.8 Å². The highest BCUT2D eigenvalue weighted by Gasteiger charge is 2.25. The molecule has 1 aromatic heterocycles. The maximum atomic E-state index is 12.8. The van der Waals surface area contributed by atoms with E-state index in [1.807, 2.05) is 28.9 Å². The highest BCUT2D eigenvalue weighted by atomic mass is 16.2. The minimum absolute atomic E-state index is 0.0140. The molecule has 1 atom stereocenters. The average Bonchev–Trinajstić information content (AvgIpc) is 3.08. The monoisotopic (exact) mass is 341 g/mol. The molecule has 1 unspecified atom stereocenters. The summed E-state index contributed by atoms with van der Waals surface area (Å²) >= 11 is 0. The lowest BCUT2D eigenvalue weighted by Gasteiger charge is -2.33. The lowest BCUT2D eigenvalue weighted by molar-refractivity contribution is 0.0673. The van der Waals surface area contributed by atoms with Crippen molar-refractivity contribution in [1.29, 1.82) is 0 Å². The van der Waals surface area contributed by atoms with E-state index >= 15 is 0 Å². The molecule has 1 aliphatic rings. The number of amides is 3. The van der Waals surface area contributed by atoms with Crippen molar-refractivity contribution in [2.75, 3.05) is 25.5 Å². The van der Waals surface area contributed by atoms with E-state index in [1.54, 1.807) is 31.3 Å². The fraction of sp³-hybridized carbons (Fsp3) is 0.389. The Hall–Kier alpha value is -2.83. The van der Waals surface area contributed by atoms with Crippen molar-refractivity contribution < 1.29 is 9.59 Å².